The van der Waals surface area contributed by atoms with E-state index < -0.39 is 0 Å². The number of hydrogen-bond donors (Lipinski definition) is 1. The van der Waals surface area contributed by atoms with E-state index >= 15 is 0 Å². The molecule has 5 aliphatic carbocycles. The fourth-order valence-electron chi connectivity index (χ4n) is 3.63. The molecule has 0 amide bonds. The van der Waals surface area contributed by atoms with Crippen molar-refractivity contribution < 1.29 is 0 Å². The van der Waals surface area contributed by atoms with Gasteiger partial charge in [-0.1, -0.05) is 0 Å². The molecule has 0 spiro atoms. The molecule has 0 aromatic carbocycles. The minimum atomic E-state index is 0.548. The third kappa shape index (κ3) is 0.752. The van der Waals surface area contributed by atoms with Crippen molar-refractivity contribution in [2.45, 2.75) is 38.1 Å². The second kappa shape index (κ2) is 2.01. The molecular weight excluding hydrogens is 134 g/mol. The van der Waals surface area contributed by atoms with Gasteiger partial charge in [0.15, 0.2) is 0 Å². The molecule has 1 unspecified atom stereocenters. The second-order valence-electron chi connectivity index (χ2n) is 4.89. The van der Waals surface area contributed by atoms with Crippen LogP contribution in [0.3, 0.4) is 0 Å². The van der Waals surface area contributed by atoms with E-state index in [-0.39, 0.29) is 0 Å². The van der Waals surface area contributed by atoms with Gasteiger partial charge in [0, 0.05) is 6.04 Å². The maximum atomic E-state index is 6.00. The lowest BCUT2D eigenvalue weighted by Crippen LogP contribution is -2.54. The molecule has 11 heavy (non-hydrogen) atoms. The Morgan fingerprint density at radius 2 is 1.55 bits per heavy atom. The van der Waals surface area contributed by atoms with E-state index in [4.69, 9.17) is 5.73 Å². The molecule has 2 N–H and O–H groups in total. The first kappa shape index (κ1) is 6.47. The normalized spacial score (nSPS) is 60.3. The predicted octanol–water partition coefficient (Wildman–Crippen LogP) is 1.77. The summed E-state index contributed by atoms with van der Waals surface area (Å²) in [4.78, 5) is 0. The molecule has 5 saturated carbocycles. The largest absolute Gasteiger partial charge is 0.328 e. The van der Waals surface area contributed by atoms with E-state index in [1.807, 2.05) is 0 Å². The van der Waals surface area contributed by atoms with Gasteiger partial charge in [0.25, 0.3) is 0 Å². The van der Waals surface area contributed by atoms with Crippen LogP contribution in [0.2, 0.25) is 0 Å². The molecule has 0 heterocycles. The molecule has 0 aliphatic heterocycles. The van der Waals surface area contributed by atoms with E-state index in [1.165, 1.54) is 25.7 Å². The van der Waals surface area contributed by atoms with E-state index in [1.54, 1.807) is 6.42 Å². The molecule has 5 rings (SSSR count). The molecule has 62 valence electrons. The average molecular weight is 151 g/mol. The number of nitrogens with two attached hydrogens (primary N) is 1. The Bertz CT molecular complexity index is 174. The fourth-order valence-corrected chi connectivity index (χ4v) is 3.63. The van der Waals surface area contributed by atoms with Gasteiger partial charge in [0.05, 0.1) is 0 Å². The minimum absolute atomic E-state index is 0.548. The Labute approximate surface area is 68.3 Å². The van der Waals surface area contributed by atoms with Crippen molar-refractivity contribution >= 4 is 0 Å². The molecule has 1 heteroatoms. The van der Waals surface area contributed by atoms with Crippen molar-refractivity contribution in [1.82, 2.24) is 0 Å². The highest BCUT2D eigenvalue weighted by Gasteiger charge is 2.54. The van der Waals surface area contributed by atoms with Crippen molar-refractivity contribution in [2.24, 2.45) is 29.4 Å². The van der Waals surface area contributed by atoms with Gasteiger partial charge in [0.2, 0.25) is 0 Å². The van der Waals surface area contributed by atoms with Crippen molar-refractivity contribution in [3.63, 3.8) is 0 Å². The van der Waals surface area contributed by atoms with E-state index in [9.17, 15) is 0 Å². The second-order valence-corrected chi connectivity index (χ2v) is 4.89. The maximum Gasteiger partial charge on any atom is 0.00416 e. The van der Waals surface area contributed by atoms with Crippen LogP contribution in [0.5, 0.6) is 0 Å². The lowest BCUT2D eigenvalue weighted by atomic mass is 9.45. The van der Waals surface area contributed by atoms with Crippen LogP contribution in [-0.4, -0.2) is 6.04 Å². The molecule has 1 nitrogen and oxygen atoms in total. The summed E-state index contributed by atoms with van der Waals surface area (Å²) in [6.07, 6.45) is 7.18. The van der Waals surface area contributed by atoms with Crippen LogP contribution in [0.4, 0.5) is 0 Å². The standard InChI is InChI=1S/C10H17N/c11-8-2-1-6-4-10-7(3-8)5-9(6)10/h6-10H,1-5,11H2/t6-,7+,8+,9?,10-/m1/s1. The van der Waals surface area contributed by atoms with Crippen LogP contribution in [0.15, 0.2) is 0 Å². The lowest BCUT2D eigenvalue weighted by molar-refractivity contribution is -0.108. The van der Waals surface area contributed by atoms with Crippen LogP contribution in [-0.2, 0) is 0 Å². The quantitative estimate of drug-likeness (QED) is 0.561. The zero-order valence-corrected chi connectivity index (χ0v) is 7.00. The molecule has 5 atom stereocenters. The third-order valence-corrected chi connectivity index (χ3v) is 4.42. The summed E-state index contributed by atoms with van der Waals surface area (Å²) >= 11 is 0. The van der Waals surface area contributed by atoms with E-state index in [0.717, 1.165) is 23.7 Å². The summed E-state index contributed by atoms with van der Waals surface area (Å²) in [6, 6.07) is 0.548. The van der Waals surface area contributed by atoms with Gasteiger partial charge in [-0.25, -0.2) is 0 Å². The average Bonchev–Trinajstić information content (AvgIpc) is 1.91. The van der Waals surface area contributed by atoms with Crippen molar-refractivity contribution in [1.29, 1.82) is 0 Å². The van der Waals surface area contributed by atoms with Crippen LogP contribution in [0.25, 0.3) is 0 Å². The Hall–Kier alpha value is -0.0400. The highest BCUT2D eigenvalue weighted by Crippen LogP contribution is 2.61. The monoisotopic (exact) mass is 151 g/mol. The molecular formula is C10H17N. The molecule has 5 aliphatic rings. The van der Waals surface area contributed by atoms with Gasteiger partial charge in [-0.15, -0.1) is 0 Å². The van der Waals surface area contributed by atoms with E-state index in [0.29, 0.717) is 6.04 Å². The minimum Gasteiger partial charge on any atom is -0.328 e. The molecule has 0 saturated heterocycles. The van der Waals surface area contributed by atoms with E-state index in [2.05, 4.69) is 0 Å². The molecule has 0 aromatic heterocycles. The van der Waals surface area contributed by atoms with Gasteiger partial charge in [0.1, 0.15) is 0 Å². The molecule has 5 fully saturated rings. The van der Waals surface area contributed by atoms with Crippen LogP contribution in [0.1, 0.15) is 32.1 Å². The van der Waals surface area contributed by atoms with Crippen molar-refractivity contribution in [3.8, 4) is 0 Å². The summed E-state index contributed by atoms with van der Waals surface area (Å²) in [7, 11) is 0. The van der Waals surface area contributed by atoms with Crippen LogP contribution in [0, 0.1) is 23.7 Å². The highest BCUT2D eigenvalue weighted by molar-refractivity contribution is 5.04. The smallest absolute Gasteiger partial charge is 0.00416 e. The Balaban J connectivity index is 1.76. The van der Waals surface area contributed by atoms with Gasteiger partial charge < -0.3 is 5.73 Å². The van der Waals surface area contributed by atoms with Crippen molar-refractivity contribution in [2.75, 3.05) is 0 Å². The topological polar surface area (TPSA) is 26.0 Å². The van der Waals surface area contributed by atoms with Gasteiger partial charge >= 0.3 is 0 Å². The molecule has 0 aromatic rings. The van der Waals surface area contributed by atoms with Crippen molar-refractivity contribution in [3.05, 3.63) is 0 Å². The third-order valence-electron chi connectivity index (χ3n) is 4.42. The van der Waals surface area contributed by atoms with Gasteiger partial charge in [-0.3, -0.25) is 0 Å². The first-order valence-corrected chi connectivity index (χ1v) is 5.10. The first-order chi connectivity index (χ1) is 5.34. The molecule has 4 bridgehead atoms. The fraction of sp³-hybridized carbons (Fsp3) is 1.00. The molecule has 0 radical (unpaired) electrons. The zero-order valence-electron chi connectivity index (χ0n) is 7.00. The van der Waals surface area contributed by atoms with Gasteiger partial charge in [-0.05, 0) is 55.8 Å². The van der Waals surface area contributed by atoms with Crippen LogP contribution >= 0.6 is 0 Å². The summed E-state index contributed by atoms with van der Waals surface area (Å²) < 4.78 is 0. The lowest BCUT2D eigenvalue weighted by Gasteiger charge is -2.61. The highest BCUT2D eigenvalue weighted by atomic mass is 14.7. The Morgan fingerprint density at radius 3 is 2.27 bits per heavy atom. The summed E-state index contributed by atoms with van der Waals surface area (Å²) in [5.41, 5.74) is 6.00. The SMILES string of the molecule is N[C@H]1CC[C@@H]2C[C@H]3C2C[C@@H]3C1. The van der Waals surface area contributed by atoms with Gasteiger partial charge in [-0.2, -0.15) is 0 Å². The number of rotatable bonds is 0. The number of hydrogen-bond acceptors (Lipinski definition) is 1. The first-order valence-electron chi connectivity index (χ1n) is 5.10. The zero-order chi connectivity index (χ0) is 7.42. The summed E-state index contributed by atoms with van der Waals surface area (Å²) in [6.45, 7) is 0. The Morgan fingerprint density at radius 1 is 0.818 bits per heavy atom. The van der Waals surface area contributed by atoms with Crippen LogP contribution < -0.4 is 5.73 Å². The predicted molar refractivity (Wildman–Crippen MR) is 45.0 cm³/mol. The maximum absolute atomic E-state index is 6.00. The summed E-state index contributed by atoms with van der Waals surface area (Å²) in [5, 5.41) is 0. The summed E-state index contributed by atoms with van der Waals surface area (Å²) in [5.74, 6) is 4.44. The Kier molecular flexibility index (Phi) is 1.18.